The molecule has 0 bridgehead atoms. The van der Waals surface area contributed by atoms with Gasteiger partial charge in [-0.15, -0.1) is 0 Å². The molecule has 0 heterocycles. The molecule has 1 aromatic carbocycles. The molecule has 0 spiro atoms. The van der Waals surface area contributed by atoms with Gasteiger partial charge in [0.1, 0.15) is 0 Å². The number of hydrogen-bond acceptors (Lipinski definition) is 3. The fraction of sp³-hybridized carbons (Fsp3) is 0.562. The van der Waals surface area contributed by atoms with Gasteiger partial charge in [0.05, 0.1) is 11.4 Å². The van der Waals surface area contributed by atoms with Crippen molar-refractivity contribution >= 4 is 17.3 Å². The lowest BCUT2D eigenvalue weighted by atomic mass is 9.75. The van der Waals surface area contributed by atoms with Crippen LogP contribution in [0.15, 0.2) is 18.2 Å². The molecule has 0 aliphatic heterocycles. The first-order valence-electron chi connectivity index (χ1n) is 7.29. The minimum Gasteiger partial charge on any atom is -0.397 e. The molecular formula is C16H25N3O. The maximum atomic E-state index is 11.6. The second-order valence-corrected chi connectivity index (χ2v) is 6.48. The molecule has 1 aliphatic rings. The highest BCUT2D eigenvalue weighted by Gasteiger charge is 2.28. The van der Waals surface area contributed by atoms with E-state index in [4.69, 9.17) is 5.73 Å². The predicted molar refractivity (Wildman–Crippen MR) is 83.9 cm³/mol. The Morgan fingerprint density at radius 2 is 2.15 bits per heavy atom. The summed E-state index contributed by atoms with van der Waals surface area (Å²) in [4.78, 5) is 11.6. The quantitative estimate of drug-likeness (QED) is 0.743. The molecule has 1 aliphatic carbocycles. The Morgan fingerprint density at radius 3 is 2.75 bits per heavy atom. The van der Waals surface area contributed by atoms with Gasteiger partial charge in [-0.1, -0.05) is 20.3 Å². The zero-order valence-electron chi connectivity index (χ0n) is 12.6. The Hall–Kier alpha value is -1.71. The summed E-state index contributed by atoms with van der Waals surface area (Å²) in [6.07, 6.45) is 4.88. The minimum absolute atomic E-state index is 0.109. The average Bonchev–Trinajstić information content (AvgIpc) is 2.39. The summed E-state index contributed by atoms with van der Waals surface area (Å²) in [6, 6.07) is 5.91. The fourth-order valence-electron chi connectivity index (χ4n) is 3.02. The van der Waals surface area contributed by atoms with E-state index in [1.54, 1.807) is 13.1 Å². The smallest absolute Gasteiger partial charge is 0.251 e. The van der Waals surface area contributed by atoms with Gasteiger partial charge >= 0.3 is 0 Å². The SMILES string of the molecule is CNC(=O)c1ccc(NC2CCCC(C)(C)C2)c(N)c1. The molecule has 4 N–H and O–H groups in total. The van der Waals surface area contributed by atoms with Gasteiger partial charge in [0.2, 0.25) is 0 Å². The molecule has 1 atom stereocenters. The van der Waals surface area contributed by atoms with E-state index >= 15 is 0 Å². The lowest BCUT2D eigenvalue weighted by Crippen LogP contribution is -2.32. The van der Waals surface area contributed by atoms with Crippen LogP contribution in [0, 0.1) is 5.41 Å². The van der Waals surface area contributed by atoms with Crippen LogP contribution in [0.1, 0.15) is 49.9 Å². The van der Waals surface area contributed by atoms with Crippen molar-refractivity contribution in [2.45, 2.75) is 45.6 Å². The molecule has 0 aromatic heterocycles. The van der Waals surface area contributed by atoms with Gasteiger partial charge < -0.3 is 16.4 Å². The van der Waals surface area contributed by atoms with E-state index in [0.29, 0.717) is 22.7 Å². The molecule has 1 aromatic rings. The number of nitrogens with two attached hydrogens (primary N) is 1. The van der Waals surface area contributed by atoms with Gasteiger partial charge in [0.25, 0.3) is 5.91 Å². The zero-order chi connectivity index (χ0) is 14.8. The van der Waals surface area contributed by atoms with Crippen molar-refractivity contribution in [3.63, 3.8) is 0 Å². The number of benzene rings is 1. The third-order valence-electron chi connectivity index (χ3n) is 4.11. The number of carbonyl (C=O) groups is 1. The van der Waals surface area contributed by atoms with Crippen molar-refractivity contribution in [1.82, 2.24) is 5.32 Å². The van der Waals surface area contributed by atoms with E-state index in [-0.39, 0.29) is 5.91 Å². The van der Waals surface area contributed by atoms with Gasteiger partial charge in [-0.05, 0) is 42.9 Å². The van der Waals surface area contributed by atoms with Crippen LogP contribution in [0.5, 0.6) is 0 Å². The van der Waals surface area contributed by atoms with E-state index < -0.39 is 0 Å². The molecule has 1 saturated carbocycles. The monoisotopic (exact) mass is 275 g/mol. The Labute approximate surface area is 121 Å². The molecule has 4 heteroatoms. The number of nitrogen functional groups attached to an aromatic ring is 1. The van der Waals surface area contributed by atoms with Crippen molar-refractivity contribution in [3.8, 4) is 0 Å². The maximum absolute atomic E-state index is 11.6. The van der Waals surface area contributed by atoms with Crippen LogP contribution in [0.2, 0.25) is 0 Å². The van der Waals surface area contributed by atoms with Crippen LogP contribution >= 0.6 is 0 Å². The van der Waals surface area contributed by atoms with Crippen LogP contribution in [0.25, 0.3) is 0 Å². The first kappa shape index (κ1) is 14.7. The van der Waals surface area contributed by atoms with E-state index in [1.807, 2.05) is 12.1 Å². The van der Waals surface area contributed by atoms with E-state index in [0.717, 1.165) is 12.1 Å². The highest BCUT2D eigenvalue weighted by atomic mass is 16.1. The summed E-state index contributed by atoms with van der Waals surface area (Å²) in [7, 11) is 1.62. The van der Waals surface area contributed by atoms with Gasteiger partial charge in [-0.2, -0.15) is 0 Å². The summed E-state index contributed by atoms with van der Waals surface area (Å²) in [6.45, 7) is 4.64. The Kier molecular flexibility index (Phi) is 4.21. The highest BCUT2D eigenvalue weighted by Crippen LogP contribution is 2.37. The number of amides is 1. The minimum atomic E-state index is -0.109. The number of carbonyl (C=O) groups excluding carboxylic acids is 1. The summed E-state index contributed by atoms with van der Waals surface area (Å²) < 4.78 is 0. The first-order valence-corrected chi connectivity index (χ1v) is 7.29. The third-order valence-corrected chi connectivity index (χ3v) is 4.11. The second-order valence-electron chi connectivity index (χ2n) is 6.48. The molecule has 1 fully saturated rings. The summed E-state index contributed by atoms with van der Waals surface area (Å²) >= 11 is 0. The molecule has 1 unspecified atom stereocenters. The van der Waals surface area contributed by atoms with Crippen LogP contribution in [-0.2, 0) is 0 Å². The van der Waals surface area contributed by atoms with E-state index in [9.17, 15) is 4.79 Å². The Balaban J connectivity index is 2.08. The Bertz CT molecular complexity index is 496. The molecule has 4 nitrogen and oxygen atoms in total. The van der Waals surface area contributed by atoms with E-state index in [2.05, 4.69) is 24.5 Å². The molecule has 20 heavy (non-hydrogen) atoms. The number of rotatable bonds is 3. The largest absolute Gasteiger partial charge is 0.397 e. The number of anilines is 2. The van der Waals surface area contributed by atoms with Gasteiger partial charge in [0.15, 0.2) is 0 Å². The maximum Gasteiger partial charge on any atom is 0.251 e. The summed E-state index contributed by atoms with van der Waals surface area (Å²) in [5.41, 5.74) is 8.61. The van der Waals surface area contributed by atoms with Crippen molar-refractivity contribution in [3.05, 3.63) is 23.8 Å². The number of nitrogens with one attached hydrogen (secondary N) is 2. The molecule has 1 amide bonds. The average molecular weight is 275 g/mol. The second kappa shape index (κ2) is 5.73. The van der Waals surface area contributed by atoms with Crippen LogP contribution in [-0.4, -0.2) is 19.0 Å². The third kappa shape index (κ3) is 3.44. The van der Waals surface area contributed by atoms with Gasteiger partial charge in [0, 0.05) is 18.7 Å². The van der Waals surface area contributed by atoms with Crippen LogP contribution < -0.4 is 16.4 Å². The molecule has 110 valence electrons. The lowest BCUT2D eigenvalue weighted by Gasteiger charge is -2.36. The summed E-state index contributed by atoms with van der Waals surface area (Å²) in [5, 5.41) is 6.14. The lowest BCUT2D eigenvalue weighted by molar-refractivity contribution is 0.0963. The summed E-state index contributed by atoms with van der Waals surface area (Å²) in [5.74, 6) is -0.109. The predicted octanol–water partition coefficient (Wildman–Crippen LogP) is 3.01. The van der Waals surface area contributed by atoms with Crippen LogP contribution in [0.4, 0.5) is 11.4 Å². The first-order chi connectivity index (χ1) is 9.41. The number of hydrogen-bond donors (Lipinski definition) is 3. The molecule has 2 rings (SSSR count). The van der Waals surface area contributed by atoms with Gasteiger partial charge in [-0.3, -0.25) is 4.79 Å². The normalized spacial score (nSPS) is 21.2. The van der Waals surface area contributed by atoms with E-state index in [1.165, 1.54) is 19.3 Å². The fourth-order valence-corrected chi connectivity index (χ4v) is 3.02. The van der Waals surface area contributed by atoms with Crippen molar-refractivity contribution in [2.24, 2.45) is 5.41 Å². The highest BCUT2D eigenvalue weighted by molar-refractivity contribution is 5.95. The topological polar surface area (TPSA) is 67.2 Å². The van der Waals surface area contributed by atoms with Crippen LogP contribution in [0.3, 0.4) is 0 Å². The standard InChI is InChI=1S/C16H25N3O/c1-16(2)8-4-5-12(10-16)19-14-7-6-11(9-13(14)17)15(20)18-3/h6-7,9,12,19H,4-5,8,10,17H2,1-3H3,(H,18,20). The molecular weight excluding hydrogens is 250 g/mol. The van der Waals surface area contributed by atoms with Crippen molar-refractivity contribution < 1.29 is 4.79 Å². The zero-order valence-corrected chi connectivity index (χ0v) is 12.6. The van der Waals surface area contributed by atoms with Gasteiger partial charge in [-0.25, -0.2) is 0 Å². The van der Waals surface area contributed by atoms with Crippen molar-refractivity contribution in [2.75, 3.05) is 18.1 Å². The van der Waals surface area contributed by atoms with Crippen molar-refractivity contribution in [1.29, 1.82) is 0 Å². The Morgan fingerprint density at radius 1 is 1.40 bits per heavy atom. The molecule has 0 radical (unpaired) electrons. The molecule has 0 saturated heterocycles.